The Morgan fingerprint density at radius 2 is 1.61 bits per heavy atom. The number of para-hydroxylation sites is 2. The van der Waals surface area contributed by atoms with Crippen LogP contribution in [0.3, 0.4) is 0 Å². The van der Waals surface area contributed by atoms with Crippen molar-refractivity contribution in [1.82, 2.24) is 4.90 Å². The van der Waals surface area contributed by atoms with Crippen molar-refractivity contribution in [2.24, 2.45) is 5.41 Å². The van der Waals surface area contributed by atoms with E-state index < -0.39 is 11.3 Å². The maximum absolute atomic E-state index is 13.6. The highest BCUT2D eigenvalue weighted by atomic mass is 16.6. The van der Waals surface area contributed by atoms with E-state index in [1.165, 1.54) is 0 Å². The van der Waals surface area contributed by atoms with Crippen LogP contribution in [0.1, 0.15) is 20.3 Å². The number of benzene rings is 2. The lowest BCUT2D eigenvalue weighted by Gasteiger charge is -2.67. The number of hydrogen-bond acceptors (Lipinski definition) is 3. The van der Waals surface area contributed by atoms with Crippen LogP contribution in [0.5, 0.6) is 0 Å². The summed E-state index contributed by atoms with van der Waals surface area (Å²) in [4.78, 5) is 32.2. The Bertz CT molecular complexity index is 935. The van der Waals surface area contributed by atoms with Gasteiger partial charge in [-0.3, -0.25) is 19.5 Å². The molecular weight excluding hydrogens is 354 g/mol. The predicted molar refractivity (Wildman–Crippen MR) is 106 cm³/mol. The van der Waals surface area contributed by atoms with E-state index in [1.807, 2.05) is 74.5 Å². The second-order valence-corrected chi connectivity index (χ2v) is 7.86. The molecule has 28 heavy (non-hydrogen) atoms. The van der Waals surface area contributed by atoms with E-state index in [1.54, 1.807) is 14.7 Å². The second-order valence-electron chi connectivity index (χ2n) is 7.86. The molecule has 144 valence electrons. The number of carbonyl (C=O) groups is 2. The summed E-state index contributed by atoms with van der Waals surface area (Å²) in [5, 5.41) is 0. The molecule has 2 unspecified atom stereocenters. The second kappa shape index (κ2) is 5.82. The van der Waals surface area contributed by atoms with Gasteiger partial charge in [-0.05, 0) is 37.6 Å². The third-order valence-corrected chi connectivity index (χ3v) is 6.33. The highest BCUT2D eigenvalue weighted by molar-refractivity contribution is 6.11. The van der Waals surface area contributed by atoms with Gasteiger partial charge in [0.2, 0.25) is 11.8 Å². The molecule has 0 bridgehead atoms. The van der Waals surface area contributed by atoms with Crippen molar-refractivity contribution >= 4 is 23.3 Å². The third kappa shape index (κ3) is 1.91. The van der Waals surface area contributed by atoms with Crippen molar-refractivity contribution in [3.8, 4) is 0 Å². The van der Waals surface area contributed by atoms with Gasteiger partial charge in [0.05, 0.1) is 12.6 Å². The number of hydrogen-bond donors (Lipinski definition) is 0. The van der Waals surface area contributed by atoms with E-state index in [9.17, 15) is 9.59 Å². The molecule has 2 aromatic carbocycles. The highest BCUT2D eigenvalue weighted by Gasteiger charge is 2.80. The van der Waals surface area contributed by atoms with Crippen LogP contribution in [0.2, 0.25) is 0 Å². The first kappa shape index (κ1) is 17.3. The number of nitrogens with zero attached hydrogens (tertiary/aromatic N) is 3. The van der Waals surface area contributed by atoms with Gasteiger partial charge in [-0.15, -0.1) is 0 Å². The van der Waals surface area contributed by atoms with Crippen molar-refractivity contribution in [2.45, 2.75) is 32.2 Å². The molecule has 0 N–H and O–H groups in total. The minimum absolute atomic E-state index is 0.0196. The minimum atomic E-state index is -1.06. The molecule has 3 saturated heterocycles. The van der Waals surface area contributed by atoms with Crippen LogP contribution >= 0.6 is 0 Å². The standard InChI is InChI=1S/C22H23N3O3/c1-3-16-14-28-22-21(2,19(26)24(22)18-12-8-5-9-13-18)15-23(20(27)25(16)22)17-10-6-4-7-11-17/h4-13,16H,3,14-15H2,1-2H3/t16-,21?,22?/m1/s1. The molecule has 3 atom stereocenters. The van der Waals surface area contributed by atoms with E-state index in [-0.39, 0.29) is 18.0 Å². The molecular formula is C22H23N3O3. The van der Waals surface area contributed by atoms with E-state index >= 15 is 0 Å². The summed E-state index contributed by atoms with van der Waals surface area (Å²) in [6, 6.07) is 18.8. The van der Waals surface area contributed by atoms with Gasteiger partial charge in [0.15, 0.2) is 0 Å². The monoisotopic (exact) mass is 377 g/mol. The zero-order chi connectivity index (χ0) is 19.5. The van der Waals surface area contributed by atoms with Crippen LogP contribution in [0, 0.1) is 5.41 Å². The van der Waals surface area contributed by atoms with Gasteiger partial charge >= 0.3 is 6.03 Å². The molecule has 3 aliphatic rings. The Kier molecular flexibility index (Phi) is 3.58. The first-order valence-corrected chi connectivity index (χ1v) is 9.74. The Balaban J connectivity index is 1.65. The molecule has 1 spiro atoms. The van der Waals surface area contributed by atoms with Crippen LogP contribution in [0.4, 0.5) is 16.2 Å². The molecule has 5 rings (SSSR count). The molecule has 6 heteroatoms. The molecule has 3 heterocycles. The largest absolute Gasteiger partial charge is 0.334 e. The first-order valence-electron chi connectivity index (χ1n) is 9.74. The maximum atomic E-state index is 13.6. The van der Waals surface area contributed by atoms with Crippen LogP contribution < -0.4 is 9.80 Å². The Labute approximate surface area is 164 Å². The molecule has 0 saturated carbocycles. The third-order valence-electron chi connectivity index (χ3n) is 6.33. The van der Waals surface area contributed by atoms with Gasteiger partial charge in [0.1, 0.15) is 5.41 Å². The summed E-state index contributed by atoms with van der Waals surface area (Å²) < 4.78 is 6.33. The Morgan fingerprint density at radius 3 is 2.21 bits per heavy atom. The smallest absolute Gasteiger partial charge is 0.328 e. The number of rotatable bonds is 3. The van der Waals surface area contributed by atoms with Gasteiger partial charge in [-0.1, -0.05) is 43.3 Å². The van der Waals surface area contributed by atoms with Gasteiger partial charge in [0, 0.05) is 17.9 Å². The normalized spacial score (nSPS) is 31.5. The predicted octanol–water partition coefficient (Wildman–Crippen LogP) is 3.44. The number of urea groups is 1. The fraction of sp³-hybridized carbons (Fsp3) is 0.364. The number of anilines is 2. The van der Waals surface area contributed by atoms with Gasteiger partial charge in [-0.25, -0.2) is 4.79 Å². The molecule has 0 aromatic heterocycles. The summed E-state index contributed by atoms with van der Waals surface area (Å²) in [6.45, 7) is 4.69. The molecule has 2 aromatic rings. The Morgan fingerprint density at radius 1 is 1.00 bits per heavy atom. The van der Waals surface area contributed by atoms with Crippen LogP contribution in [0.25, 0.3) is 0 Å². The van der Waals surface area contributed by atoms with Gasteiger partial charge < -0.3 is 4.74 Å². The quantitative estimate of drug-likeness (QED) is 0.770. The molecule has 3 amide bonds. The van der Waals surface area contributed by atoms with Crippen LogP contribution in [0.15, 0.2) is 60.7 Å². The Hall–Kier alpha value is -2.86. The average molecular weight is 377 g/mol. The summed E-state index contributed by atoms with van der Waals surface area (Å²) >= 11 is 0. The zero-order valence-corrected chi connectivity index (χ0v) is 16.0. The maximum Gasteiger partial charge on any atom is 0.328 e. The van der Waals surface area contributed by atoms with Crippen molar-refractivity contribution in [3.05, 3.63) is 60.7 Å². The molecule has 0 radical (unpaired) electrons. The zero-order valence-electron chi connectivity index (χ0n) is 16.0. The molecule has 6 nitrogen and oxygen atoms in total. The number of amides is 3. The lowest BCUT2D eigenvalue weighted by Crippen LogP contribution is -2.89. The van der Waals surface area contributed by atoms with E-state index in [0.29, 0.717) is 13.2 Å². The van der Waals surface area contributed by atoms with Crippen molar-refractivity contribution in [1.29, 1.82) is 0 Å². The summed E-state index contributed by atoms with van der Waals surface area (Å²) in [7, 11) is 0. The lowest BCUT2D eigenvalue weighted by atomic mass is 9.70. The number of β-lactam (4-membered cyclic amide) rings is 1. The number of ether oxygens (including phenoxy) is 1. The lowest BCUT2D eigenvalue weighted by molar-refractivity contribution is -0.212. The van der Waals surface area contributed by atoms with Gasteiger partial charge in [-0.2, -0.15) is 0 Å². The van der Waals surface area contributed by atoms with E-state index in [2.05, 4.69) is 0 Å². The van der Waals surface area contributed by atoms with Crippen LogP contribution in [-0.2, 0) is 9.53 Å². The summed E-state index contributed by atoms with van der Waals surface area (Å²) in [5.41, 5.74) is 0.721. The first-order chi connectivity index (χ1) is 13.5. The van der Waals surface area contributed by atoms with E-state index in [4.69, 9.17) is 4.74 Å². The minimum Gasteiger partial charge on any atom is -0.334 e. The summed E-state index contributed by atoms with van der Waals surface area (Å²) in [6.07, 6.45) is 0.767. The fourth-order valence-electron chi connectivity index (χ4n) is 4.87. The number of carbonyl (C=O) groups excluding carboxylic acids is 2. The van der Waals surface area contributed by atoms with Crippen molar-refractivity contribution in [3.63, 3.8) is 0 Å². The molecule has 3 fully saturated rings. The summed E-state index contributed by atoms with van der Waals surface area (Å²) in [5.74, 6) is -1.08. The topological polar surface area (TPSA) is 53.1 Å². The van der Waals surface area contributed by atoms with Crippen molar-refractivity contribution in [2.75, 3.05) is 23.0 Å². The van der Waals surface area contributed by atoms with Gasteiger partial charge in [0.25, 0.3) is 0 Å². The SMILES string of the molecule is CC[C@@H]1COC23N(c4ccccc4)C(=O)C2(C)CN(c2ccccc2)C(=O)N13. The molecule has 0 aliphatic carbocycles. The van der Waals surface area contributed by atoms with E-state index in [0.717, 1.165) is 17.8 Å². The average Bonchev–Trinajstić information content (AvgIpc) is 3.15. The highest BCUT2D eigenvalue weighted by Crippen LogP contribution is 2.59. The fourth-order valence-corrected chi connectivity index (χ4v) is 4.87. The van der Waals surface area contributed by atoms with Crippen LogP contribution in [-0.4, -0.2) is 41.9 Å². The molecule has 3 aliphatic heterocycles. The van der Waals surface area contributed by atoms with Crippen molar-refractivity contribution < 1.29 is 14.3 Å².